The highest BCUT2D eigenvalue weighted by Crippen LogP contribution is 2.06. The fourth-order valence-electron chi connectivity index (χ4n) is 1.77. The van der Waals surface area contributed by atoms with Crippen molar-refractivity contribution in [2.45, 2.75) is 6.54 Å². The van der Waals surface area contributed by atoms with E-state index in [0.29, 0.717) is 17.7 Å². The van der Waals surface area contributed by atoms with Gasteiger partial charge < -0.3 is 16.3 Å². The Morgan fingerprint density at radius 2 is 1.80 bits per heavy atom. The van der Waals surface area contributed by atoms with Crippen molar-refractivity contribution in [1.82, 2.24) is 5.32 Å². The van der Waals surface area contributed by atoms with Crippen LogP contribution in [0.1, 0.15) is 21.5 Å². The van der Waals surface area contributed by atoms with Crippen LogP contribution in [-0.4, -0.2) is 17.0 Å². The third-order valence-electron chi connectivity index (χ3n) is 2.82. The van der Waals surface area contributed by atoms with Gasteiger partial charge in [-0.15, -0.1) is 0 Å². The summed E-state index contributed by atoms with van der Waals surface area (Å²) in [6, 6.07) is 16.1. The lowest BCUT2D eigenvalue weighted by Crippen LogP contribution is -2.23. The zero-order valence-corrected chi connectivity index (χ0v) is 10.8. The summed E-state index contributed by atoms with van der Waals surface area (Å²) in [5.41, 5.74) is 7.62. The SMILES string of the molecule is NC(=NO)c1cccc(CNC(=O)c2ccccc2)c1. The van der Waals surface area contributed by atoms with Crippen LogP contribution in [0.25, 0.3) is 0 Å². The molecule has 0 atom stereocenters. The molecule has 0 unspecified atom stereocenters. The molecule has 2 aromatic carbocycles. The molecule has 0 saturated carbocycles. The summed E-state index contributed by atoms with van der Waals surface area (Å²) in [5, 5.41) is 14.4. The minimum atomic E-state index is -0.139. The van der Waals surface area contributed by atoms with Gasteiger partial charge in [0.15, 0.2) is 5.84 Å². The van der Waals surface area contributed by atoms with Crippen LogP contribution in [0.15, 0.2) is 59.8 Å². The van der Waals surface area contributed by atoms with Crippen molar-refractivity contribution in [3.8, 4) is 0 Å². The molecule has 5 heteroatoms. The maximum absolute atomic E-state index is 11.9. The number of amides is 1. The molecule has 2 aromatic rings. The summed E-state index contributed by atoms with van der Waals surface area (Å²) in [6.45, 7) is 0.375. The molecule has 0 saturated heterocycles. The Bertz CT molecular complexity index is 624. The minimum absolute atomic E-state index is 0.0428. The van der Waals surface area contributed by atoms with Crippen LogP contribution in [0.2, 0.25) is 0 Å². The second-order valence-corrected chi connectivity index (χ2v) is 4.23. The van der Waals surface area contributed by atoms with Crippen LogP contribution in [0.4, 0.5) is 0 Å². The Labute approximate surface area is 116 Å². The van der Waals surface area contributed by atoms with Crippen molar-refractivity contribution < 1.29 is 10.0 Å². The van der Waals surface area contributed by atoms with E-state index >= 15 is 0 Å². The summed E-state index contributed by atoms with van der Waals surface area (Å²) in [4.78, 5) is 11.9. The Kier molecular flexibility index (Phi) is 4.34. The third-order valence-corrected chi connectivity index (χ3v) is 2.82. The predicted octanol–water partition coefficient (Wildman–Crippen LogP) is 1.71. The summed E-state index contributed by atoms with van der Waals surface area (Å²) < 4.78 is 0. The lowest BCUT2D eigenvalue weighted by molar-refractivity contribution is 0.0951. The van der Waals surface area contributed by atoms with Crippen LogP contribution < -0.4 is 11.1 Å². The molecule has 0 aromatic heterocycles. The van der Waals surface area contributed by atoms with Gasteiger partial charge in [0.25, 0.3) is 5.91 Å². The third kappa shape index (κ3) is 3.35. The van der Waals surface area contributed by atoms with E-state index in [1.807, 2.05) is 24.3 Å². The second kappa shape index (κ2) is 6.38. The number of oxime groups is 1. The highest BCUT2D eigenvalue weighted by Gasteiger charge is 2.05. The summed E-state index contributed by atoms with van der Waals surface area (Å²) >= 11 is 0. The molecule has 0 aliphatic rings. The molecule has 0 aliphatic heterocycles. The van der Waals surface area contributed by atoms with Gasteiger partial charge in [0.05, 0.1) is 0 Å². The Hall–Kier alpha value is -2.82. The molecule has 0 heterocycles. The summed E-state index contributed by atoms with van der Waals surface area (Å²) in [7, 11) is 0. The Morgan fingerprint density at radius 1 is 1.10 bits per heavy atom. The maximum atomic E-state index is 11.9. The van der Waals surface area contributed by atoms with Crippen LogP contribution in [0.5, 0.6) is 0 Å². The Balaban J connectivity index is 2.03. The molecule has 0 fully saturated rings. The molecule has 4 N–H and O–H groups in total. The van der Waals surface area contributed by atoms with E-state index in [4.69, 9.17) is 10.9 Å². The highest BCUT2D eigenvalue weighted by molar-refractivity contribution is 5.97. The van der Waals surface area contributed by atoms with Crippen molar-refractivity contribution in [1.29, 1.82) is 0 Å². The fourth-order valence-corrected chi connectivity index (χ4v) is 1.77. The maximum Gasteiger partial charge on any atom is 0.251 e. The fraction of sp³-hybridized carbons (Fsp3) is 0.0667. The van der Waals surface area contributed by atoms with Crippen molar-refractivity contribution >= 4 is 11.7 Å². The number of hydrogen-bond donors (Lipinski definition) is 3. The number of carbonyl (C=O) groups is 1. The van der Waals surface area contributed by atoms with Gasteiger partial charge in [-0.2, -0.15) is 0 Å². The van der Waals surface area contributed by atoms with E-state index in [2.05, 4.69) is 10.5 Å². The molecular formula is C15H15N3O2. The van der Waals surface area contributed by atoms with Gasteiger partial charge in [0.1, 0.15) is 0 Å². The van der Waals surface area contributed by atoms with Gasteiger partial charge in [-0.25, -0.2) is 0 Å². The molecule has 0 spiro atoms. The monoisotopic (exact) mass is 269 g/mol. The van der Waals surface area contributed by atoms with Crippen molar-refractivity contribution in [2.75, 3.05) is 0 Å². The molecule has 0 bridgehead atoms. The quantitative estimate of drug-likeness (QED) is 0.342. The van der Waals surface area contributed by atoms with E-state index in [1.54, 1.807) is 30.3 Å². The number of hydrogen-bond acceptors (Lipinski definition) is 3. The van der Waals surface area contributed by atoms with Crippen molar-refractivity contribution in [2.24, 2.45) is 10.9 Å². The molecule has 5 nitrogen and oxygen atoms in total. The first-order valence-electron chi connectivity index (χ1n) is 6.11. The molecule has 0 aliphatic carbocycles. The van der Waals surface area contributed by atoms with E-state index < -0.39 is 0 Å². The Morgan fingerprint density at radius 3 is 2.50 bits per heavy atom. The number of amidine groups is 1. The van der Waals surface area contributed by atoms with Gasteiger partial charge in [-0.1, -0.05) is 41.6 Å². The van der Waals surface area contributed by atoms with Gasteiger partial charge in [-0.05, 0) is 23.8 Å². The summed E-state index contributed by atoms with van der Waals surface area (Å²) in [6.07, 6.45) is 0. The van der Waals surface area contributed by atoms with E-state index in [-0.39, 0.29) is 11.7 Å². The molecule has 2 rings (SSSR count). The zero-order chi connectivity index (χ0) is 14.4. The molecule has 102 valence electrons. The van der Waals surface area contributed by atoms with Crippen LogP contribution in [-0.2, 0) is 6.54 Å². The highest BCUT2D eigenvalue weighted by atomic mass is 16.4. The average Bonchev–Trinajstić information content (AvgIpc) is 2.53. The zero-order valence-electron chi connectivity index (χ0n) is 10.8. The van der Waals surface area contributed by atoms with Gasteiger partial charge in [0, 0.05) is 17.7 Å². The smallest absolute Gasteiger partial charge is 0.251 e. The molecule has 1 amide bonds. The standard InChI is InChI=1S/C15H15N3O2/c16-14(18-20)13-8-4-5-11(9-13)10-17-15(19)12-6-2-1-3-7-12/h1-9,20H,10H2,(H2,16,18)(H,17,19). The number of nitrogens with two attached hydrogens (primary N) is 1. The normalized spacial score (nSPS) is 11.1. The minimum Gasteiger partial charge on any atom is -0.409 e. The number of carbonyl (C=O) groups excluding carboxylic acids is 1. The average molecular weight is 269 g/mol. The number of nitrogens with one attached hydrogen (secondary N) is 1. The largest absolute Gasteiger partial charge is 0.409 e. The van der Waals surface area contributed by atoms with Crippen molar-refractivity contribution in [3.63, 3.8) is 0 Å². The number of benzene rings is 2. The predicted molar refractivity (Wildman–Crippen MR) is 76.6 cm³/mol. The summed E-state index contributed by atoms with van der Waals surface area (Å²) in [5.74, 6) is -0.0963. The van der Waals surface area contributed by atoms with Gasteiger partial charge in [-0.3, -0.25) is 4.79 Å². The van der Waals surface area contributed by atoms with Gasteiger partial charge >= 0.3 is 0 Å². The number of nitrogens with zero attached hydrogens (tertiary/aromatic N) is 1. The second-order valence-electron chi connectivity index (χ2n) is 4.23. The van der Waals surface area contributed by atoms with Gasteiger partial charge in [0.2, 0.25) is 0 Å². The molecular weight excluding hydrogens is 254 g/mol. The first-order chi connectivity index (χ1) is 9.70. The van der Waals surface area contributed by atoms with E-state index in [1.165, 1.54) is 0 Å². The topological polar surface area (TPSA) is 87.7 Å². The molecule has 0 radical (unpaired) electrons. The van der Waals surface area contributed by atoms with Crippen LogP contribution in [0.3, 0.4) is 0 Å². The lowest BCUT2D eigenvalue weighted by Gasteiger charge is -2.07. The van der Waals surface area contributed by atoms with E-state index in [9.17, 15) is 4.79 Å². The first kappa shape index (κ1) is 13.6. The number of rotatable bonds is 4. The lowest BCUT2D eigenvalue weighted by atomic mass is 10.1. The van der Waals surface area contributed by atoms with Crippen LogP contribution in [0, 0.1) is 0 Å². The first-order valence-corrected chi connectivity index (χ1v) is 6.11. The van der Waals surface area contributed by atoms with Crippen molar-refractivity contribution in [3.05, 3.63) is 71.3 Å². The van der Waals surface area contributed by atoms with Crippen LogP contribution >= 0.6 is 0 Å². The van der Waals surface area contributed by atoms with E-state index in [0.717, 1.165) is 5.56 Å². The molecule has 20 heavy (non-hydrogen) atoms.